The molecule has 1 aliphatic rings. The zero-order valence-corrected chi connectivity index (χ0v) is 30.0. The summed E-state index contributed by atoms with van der Waals surface area (Å²) in [6.07, 6.45) is 6.08. The SMILES string of the molecule is CC(C)C[C@@H](NC(=O)[C@@H](Cc1ccccc1)NC(=O)[C@H](N)Cc1ccccc1)C(=O)N[C@H](CCCCN)C(=O)N1CCC(c2ccccn2)CC1. The van der Waals surface area contributed by atoms with E-state index in [0.717, 1.165) is 36.1 Å². The monoisotopic (exact) mass is 697 g/mol. The number of pyridine rings is 1. The number of nitrogens with two attached hydrogens (primary N) is 2. The van der Waals surface area contributed by atoms with E-state index in [1.807, 2.05) is 97.6 Å². The van der Waals surface area contributed by atoms with E-state index >= 15 is 0 Å². The van der Waals surface area contributed by atoms with Crippen molar-refractivity contribution in [1.29, 1.82) is 0 Å². The topological polar surface area (TPSA) is 173 Å². The highest BCUT2D eigenvalue weighted by molar-refractivity contribution is 5.95. The molecule has 51 heavy (non-hydrogen) atoms. The molecule has 2 heterocycles. The number of benzene rings is 2. The fourth-order valence-electron chi connectivity index (χ4n) is 6.53. The maximum absolute atomic E-state index is 14.0. The highest BCUT2D eigenvalue weighted by atomic mass is 16.2. The molecule has 0 aliphatic carbocycles. The van der Waals surface area contributed by atoms with E-state index < -0.39 is 41.9 Å². The molecule has 4 amide bonds. The van der Waals surface area contributed by atoms with E-state index in [-0.39, 0.29) is 24.2 Å². The van der Waals surface area contributed by atoms with E-state index in [1.165, 1.54) is 0 Å². The van der Waals surface area contributed by atoms with Gasteiger partial charge in [0, 0.05) is 37.3 Å². The third kappa shape index (κ3) is 12.6. The first-order valence-corrected chi connectivity index (χ1v) is 18.3. The molecule has 0 bridgehead atoms. The Labute approximate surface area is 302 Å². The number of hydrogen-bond donors (Lipinski definition) is 5. The van der Waals surface area contributed by atoms with Gasteiger partial charge in [0.2, 0.25) is 23.6 Å². The average Bonchev–Trinajstić information content (AvgIpc) is 3.14. The summed E-state index contributed by atoms with van der Waals surface area (Å²) in [5, 5.41) is 8.77. The number of hydrogen-bond acceptors (Lipinski definition) is 7. The van der Waals surface area contributed by atoms with Gasteiger partial charge < -0.3 is 32.3 Å². The maximum atomic E-state index is 14.0. The lowest BCUT2D eigenvalue weighted by Gasteiger charge is -2.35. The lowest BCUT2D eigenvalue weighted by atomic mass is 9.92. The van der Waals surface area contributed by atoms with Crippen LogP contribution in [0.15, 0.2) is 85.1 Å². The molecule has 11 heteroatoms. The largest absolute Gasteiger partial charge is 0.343 e. The van der Waals surface area contributed by atoms with E-state index in [2.05, 4.69) is 20.9 Å². The van der Waals surface area contributed by atoms with Crippen molar-refractivity contribution in [3.05, 3.63) is 102 Å². The van der Waals surface area contributed by atoms with Crippen molar-refractivity contribution in [3.63, 3.8) is 0 Å². The van der Waals surface area contributed by atoms with Gasteiger partial charge in [0.05, 0.1) is 6.04 Å². The van der Waals surface area contributed by atoms with Gasteiger partial charge in [-0.1, -0.05) is 80.6 Å². The molecule has 0 radical (unpaired) electrons. The molecular formula is C40H55N7O4. The van der Waals surface area contributed by atoms with Crippen LogP contribution >= 0.6 is 0 Å². The van der Waals surface area contributed by atoms with Crippen molar-refractivity contribution >= 4 is 23.6 Å². The van der Waals surface area contributed by atoms with Gasteiger partial charge >= 0.3 is 0 Å². The molecule has 2 aromatic carbocycles. The van der Waals surface area contributed by atoms with Crippen LogP contribution in [0.5, 0.6) is 0 Å². The molecule has 4 rings (SSSR count). The minimum Gasteiger partial charge on any atom is -0.343 e. The summed E-state index contributed by atoms with van der Waals surface area (Å²) in [7, 11) is 0. The number of nitrogens with one attached hydrogen (secondary N) is 3. The lowest BCUT2D eigenvalue weighted by Crippen LogP contribution is -2.59. The third-order valence-electron chi connectivity index (χ3n) is 9.37. The Hall–Kier alpha value is -4.61. The van der Waals surface area contributed by atoms with Gasteiger partial charge in [0.15, 0.2) is 0 Å². The van der Waals surface area contributed by atoms with Crippen LogP contribution < -0.4 is 27.4 Å². The van der Waals surface area contributed by atoms with Gasteiger partial charge in [-0.25, -0.2) is 0 Å². The molecule has 7 N–H and O–H groups in total. The molecule has 3 aromatic rings. The van der Waals surface area contributed by atoms with Crippen molar-refractivity contribution in [2.24, 2.45) is 17.4 Å². The van der Waals surface area contributed by atoms with Gasteiger partial charge in [-0.2, -0.15) is 0 Å². The number of amides is 4. The van der Waals surface area contributed by atoms with E-state index in [0.29, 0.717) is 45.3 Å². The van der Waals surface area contributed by atoms with Crippen LogP contribution in [0.3, 0.4) is 0 Å². The number of rotatable bonds is 18. The first-order chi connectivity index (χ1) is 24.6. The Bertz CT molecular complexity index is 1520. The predicted molar refractivity (Wildman–Crippen MR) is 199 cm³/mol. The summed E-state index contributed by atoms with van der Waals surface area (Å²) in [5.74, 6) is -1.18. The second-order valence-corrected chi connectivity index (χ2v) is 13.9. The smallest absolute Gasteiger partial charge is 0.245 e. The third-order valence-corrected chi connectivity index (χ3v) is 9.37. The van der Waals surface area contributed by atoms with Gasteiger partial charge in [0.25, 0.3) is 0 Å². The number of likely N-dealkylation sites (tertiary alicyclic amines) is 1. The Balaban J connectivity index is 1.45. The minimum atomic E-state index is -0.980. The number of carbonyl (C=O) groups is 4. The van der Waals surface area contributed by atoms with Gasteiger partial charge in [-0.3, -0.25) is 24.2 Å². The van der Waals surface area contributed by atoms with Crippen LogP contribution in [0.25, 0.3) is 0 Å². The molecule has 0 spiro atoms. The highest BCUT2D eigenvalue weighted by Gasteiger charge is 2.33. The summed E-state index contributed by atoms with van der Waals surface area (Å²) in [6.45, 7) is 5.56. The molecule has 0 saturated carbocycles. The predicted octanol–water partition coefficient (Wildman–Crippen LogP) is 3.23. The summed E-state index contributed by atoms with van der Waals surface area (Å²) in [6, 6.07) is 21.2. The van der Waals surface area contributed by atoms with Crippen LogP contribution in [0.2, 0.25) is 0 Å². The molecule has 1 aliphatic heterocycles. The standard InChI is InChI=1S/C40H55N7O4/c1-28(2)25-35(38(49)44-34(18-9-11-21-41)40(51)47-23-19-31(20-24-47)33-17-10-12-22-43-33)46-39(50)36(27-30-15-7-4-8-16-30)45-37(48)32(42)26-29-13-5-3-6-14-29/h3-8,10,12-17,22,28,31-32,34-36H,9,11,18-21,23-27,41-42H2,1-2H3,(H,44,49)(H,45,48)(H,46,50)/t32-,34-,35-,36-/m1/s1. The van der Waals surface area contributed by atoms with Gasteiger partial charge in [0.1, 0.15) is 18.1 Å². The molecule has 1 aromatic heterocycles. The Kier molecular flexibility index (Phi) is 15.6. The minimum absolute atomic E-state index is 0.0551. The number of aromatic nitrogens is 1. The highest BCUT2D eigenvalue weighted by Crippen LogP contribution is 2.27. The van der Waals surface area contributed by atoms with Crippen LogP contribution in [0, 0.1) is 5.92 Å². The molecule has 4 atom stereocenters. The Morgan fingerprint density at radius 1 is 0.745 bits per heavy atom. The second kappa shape index (κ2) is 20.3. The van der Waals surface area contributed by atoms with Crippen LogP contribution in [0.1, 0.15) is 75.1 Å². The van der Waals surface area contributed by atoms with Crippen molar-refractivity contribution in [2.45, 2.75) is 95.3 Å². The Morgan fingerprint density at radius 2 is 1.31 bits per heavy atom. The first-order valence-electron chi connectivity index (χ1n) is 18.3. The van der Waals surface area contributed by atoms with Crippen molar-refractivity contribution in [1.82, 2.24) is 25.8 Å². The molecule has 1 fully saturated rings. The van der Waals surface area contributed by atoms with E-state index in [1.54, 1.807) is 6.20 Å². The second-order valence-electron chi connectivity index (χ2n) is 13.9. The molecule has 0 unspecified atom stereocenters. The summed E-state index contributed by atoms with van der Waals surface area (Å²) in [5.41, 5.74) is 14.8. The normalized spacial score (nSPS) is 15.7. The van der Waals surface area contributed by atoms with E-state index in [4.69, 9.17) is 11.5 Å². The fraction of sp³-hybridized carbons (Fsp3) is 0.475. The number of carbonyl (C=O) groups excluding carboxylic acids is 4. The molecule has 1 saturated heterocycles. The van der Waals surface area contributed by atoms with Crippen molar-refractivity contribution in [2.75, 3.05) is 19.6 Å². The van der Waals surface area contributed by atoms with E-state index in [9.17, 15) is 19.2 Å². The van der Waals surface area contributed by atoms with Gasteiger partial charge in [-0.05, 0) is 80.7 Å². The van der Waals surface area contributed by atoms with Gasteiger partial charge in [-0.15, -0.1) is 0 Å². The Morgan fingerprint density at radius 3 is 1.90 bits per heavy atom. The zero-order valence-electron chi connectivity index (χ0n) is 30.0. The maximum Gasteiger partial charge on any atom is 0.245 e. The average molecular weight is 698 g/mol. The first kappa shape index (κ1) is 39.2. The summed E-state index contributed by atoms with van der Waals surface area (Å²) >= 11 is 0. The summed E-state index contributed by atoms with van der Waals surface area (Å²) < 4.78 is 0. The number of unbranched alkanes of at least 4 members (excludes halogenated alkanes) is 1. The van der Waals surface area contributed by atoms with Crippen LogP contribution in [-0.2, 0) is 32.0 Å². The van der Waals surface area contributed by atoms with Crippen LogP contribution in [0.4, 0.5) is 0 Å². The molecule has 11 nitrogen and oxygen atoms in total. The number of piperidine rings is 1. The van der Waals surface area contributed by atoms with Crippen molar-refractivity contribution < 1.29 is 19.2 Å². The number of nitrogens with zero attached hydrogens (tertiary/aromatic N) is 2. The quantitative estimate of drug-likeness (QED) is 0.127. The van der Waals surface area contributed by atoms with Crippen molar-refractivity contribution in [3.8, 4) is 0 Å². The summed E-state index contributed by atoms with van der Waals surface area (Å²) in [4.78, 5) is 61.4. The fourth-order valence-corrected chi connectivity index (χ4v) is 6.53. The molecule has 274 valence electrons. The molecular weight excluding hydrogens is 642 g/mol. The van der Waals surface area contributed by atoms with Crippen LogP contribution in [-0.4, -0.2) is 77.3 Å². The zero-order chi connectivity index (χ0) is 36.6. The lowest BCUT2D eigenvalue weighted by molar-refractivity contribution is -0.138.